The minimum atomic E-state index is -0.150. The molecule has 2 heterocycles. The van der Waals surface area contributed by atoms with Gasteiger partial charge in [-0.3, -0.25) is 19.5 Å². The van der Waals surface area contributed by atoms with E-state index < -0.39 is 0 Å². The van der Waals surface area contributed by atoms with Crippen LogP contribution in [0.3, 0.4) is 0 Å². The highest BCUT2D eigenvalue weighted by molar-refractivity contribution is 6.31. The summed E-state index contributed by atoms with van der Waals surface area (Å²) in [5.74, 6) is 0.235. The molecule has 3 aromatic rings. The van der Waals surface area contributed by atoms with Gasteiger partial charge in [-0.05, 0) is 41.8 Å². The fourth-order valence-corrected chi connectivity index (χ4v) is 4.66. The summed E-state index contributed by atoms with van der Waals surface area (Å²) in [6.45, 7) is 3.38. The van der Waals surface area contributed by atoms with Gasteiger partial charge >= 0.3 is 0 Å². The molecule has 9 heteroatoms. The van der Waals surface area contributed by atoms with Gasteiger partial charge in [-0.1, -0.05) is 48.0 Å². The summed E-state index contributed by atoms with van der Waals surface area (Å²) in [5, 5.41) is 0.525. The number of carbonyl (C=O) groups excluding carboxylic acids is 2. The van der Waals surface area contributed by atoms with E-state index in [0.717, 1.165) is 25.1 Å². The number of amides is 2. The molecule has 200 valence electrons. The summed E-state index contributed by atoms with van der Waals surface area (Å²) >= 11 is 6.37. The lowest BCUT2D eigenvalue weighted by Gasteiger charge is -2.28. The van der Waals surface area contributed by atoms with E-state index in [2.05, 4.69) is 22.0 Å². The van der Waals surface area contributed by atoms with Gasteiger partial charge in [-0.15, -0.1) is 0 Å². The van der Waals surface area contributed by atoms with Crippen LogP contribution in [0.1, 0.15) is 17.5 Å². The molecule has 1 aliphatic rings. The maximum Gasteiger partial charge on any atom is 0.260 e. The van der Waals surface area contributed by atoms with E-state index in [0.29, 0.717) is 42.6 Å². The Morgan fingerprint density at radius 2 is 1.79 bits per heavy atom. The monoisotopic (exact) mass is 536 g/mol. The average molecular weight is 537 g/mol. The standard InChI is InChI=1S/C29H33ClN4O4/c1-37-21-29(36)34-14-6-13-32(19-23-7-3-2-4-8-23)15-16-33(20-24-10-11-25(30)17-27(24)34)28(35)22-38-26-9-5-12-31-18-26/h2-5,7-12,17-18H,6,13-16,19-22H2,1H3. The van der Waals surface area contributed by atoms with Gasteiger partial charge in [0.15, 0.2) is 6.61 Å². The van der Waals surface area contributed by atoms with E-state index in [1.165, 1.54) is 12.7 Å². The zero-order valence-electron chi connectivity index (χ0n) is 21.6. The minimum Gasteiger partial charge on any atom is -0.482 e. The summed E-state index contributed by atoms with van der Waals surface area (Å²) in [5.41, 5.74) is 2.73. The first-order valence-electron chi connectivity index (χ1n) is 12.7. The first kappa shape index (κ1) is 27.6. The molecule has 0 fully saturated rings. The van der Waals surface area contributed by atoms with Gasteiger partial charge in [0, 0.05) is 57.6 Å². The van der Waals surface area contributed by atoms with Gasteiger partial charge in [0.2, 0.25) is 0 Å². The molecule has 0 unspecified atom stereocenters. The van der Waals surface area contributed by atoms with Crippen molar-refractivity contribution in [3.63, 3.8) is 0 Å². The molecule has 8 nitrogen and oxygen atoms in total. The van der Waals surface area contributed by atoms with Crippen LogP contribution in [-0.2, 0) is 27.4 Å². The molecular formula is C29H33ClN4O4. The van der Waals surface area contributed by atoms with Crippen LogP contribution in [0.25, 0.3) is 0 Å². The molecule has 0 radical (unpaired) electrons. The Balaban J connectivity index is 1.61. The predicted molar refractivity (Wildman–Crippen MR) is 147 cm³/mol. The fourth-order valence-electron chi connectivity index (χ4n) is 4.50. The van der Waals surface area contributed by atoms with Crippen molar-refractivity contribution in [3.8, 4) is 5.75 Å². The molecule has 0 saturated carbocycles. The van der Waals surface area contributed by atoms with E-state index in [9.17, 15) is 9.59 Å². The molecule has 0 N–H and O–H groups in total. The number of benzene rings is 2. The van der Waals surface area contributed by atoms with Gasteiger partial charge < -0.3 is 19.3 Å². The van der Waals surface area contributed by atoms with Crippen LogP contribution in [0.4, 0.5) is 5.69 Å². The Morgan fingerprint density at radius 1 is 0.947 bits per heavy atom. The van der Waals surface area contributed by atoms with Crippen molar-refractivity contribution in [3.05, 3.63) is 89.2 Å². The number of pyridine rings is 1. The summed E-state index contributed by atoms with van der Waals surface area (Å²) in [7, 11) is 1.51. The minimum absolute atomic E-state index is 0.0404. The average Bonchev–Trinajstić information content (AvgIpc) is 2.96. The van der Waals surface area contributed by atoms with Gasteiger partial charge in [0.05, 0.1) is 11.9 Å². The molecule has 0 aliphatic carbocycles. The number of halogens is 1. The molecule has 0 atom stereocenters. The molecule has 0 saturated heterocycles. The lowest BCUT2D eigenvalue weighted by atomic mass is 10.1. The van der Waals surface area contributed by atoms with Crippen LogP contribution in [0, 0.1) is 0 Å². The highest BCUT2D eigenvalue weighted by atomic mass is 35.5. The van der Waals surface area contributed by atoms with Crippen LogP contribution in [0.5, 0.6) is 5.75 Å². The van der Waals surface area contributed by atoms with Crippen molar-refractivity contribution < 1.29 is 19.1 Å². The summed E-state index contributed by atoms with van der Waals surface area (Å²) in [4.78, 5) is 36.4. The normalized spacial score (nSPS) is 14.9. The van der Waals surface area contributed by atoms with E-state index in [1.807, 2.05) is 24.3 Å². The largest absolute Gasteiger partial charge is 0.482 e. The maximum absolute atomic E-state index is 13.4. The first-order chi connectivity index (χ1) is 18.5. The highest BCUT2D eigenvalue weighted by Gasteiger charge is 2.24. The van der Waals surface area contributed by atoms with E-state index in [4.69, 9.17) is 21.1 Å². The summed E-state index contributed by atoms with van der Waals surface area (Å²) in [6.07, 6.45) is 3.99. The van der Waals surface area contributed by atoms with Crippen molar-refractivity contribution in [1.29, 1.82) is 0 Å². The number of hydrogen-bond donors (Lipinski definition) is 0. The van der Waals surface area contributed by atoms with Crippen molar-refractivity contribution >= 4 is 29.1 Å². The van der Waals surface area contributed by atoms with Crippen molar-refractivity contribution in [2.75, 3.05) is 51.4 Å². The number of ether oxygens (including phenoxy) is 2. The van der Waals surface area contributed by atoms with E-state index in [1.54, 1.807) is 46.5 Å². The van der Waals surface area contributed by atoms with Crippen LogP contribution < -0.4 is 9.64 Å². The van der Waals surface area contributed by atoms with Crippen molar-refractivity contribution in [2.45, 2.75) is 19.5 Å². The number of methoxy groups -OCH3 is 1. The third-order valence-corrected chi connectivity index (χ3v) is 6.64. The number of fused-ring (bicyclic) bond motifs is 1. The molecule has 2 amide bonds. The quantitative estimate of drug-likeness (QED) is 0.454. The van der Waals surface area contributed by atoms with Gasteiger partial charge in [-0.2, -0.15) is 0 Å². The van der Waals surface area contributed by atoms with Gasteiger partial charge in [-0.25, -0.2) is 0 Å². The predicted octanol–water partition coefficient (Wildman–Crippen LogP) is 4.03. The molecule has 0 bridgehead atoms. The number of nitrogens with zero attached hydrogens (tertiary/aromatic N) is 4. The Labute approximate surface area is 228 Å². The SMILES string of the molecule is COCC(=O)N1CCCN(Cc2ccccc2)CCN(C(=O)COc2cccnc2)Cc2ccc(Cl)cc21. The maximum atomic E-state index is 13.4. The molecule has 1 aliphatic heterocycles. The van der Waals surface area contributed by atoms with Crippen LogP contribution in [0.15, 0.2) is 73.1 Å². The Hall–Kier alpha value is -3.46. The molecule has 1 aromatic heterocycles. The number of anilines is 1. The van der Waals surface area contributed by atoms with Crippen LogP contribution >= 0.6 is 11.6 Å². The molecule has 2 aromatic carbocycles. The topological polar surface area (TPSA) is 75.2 Å². The molecule has 4 rings (SSSR count). The Kier molecular flexibility index (Phi) is 10.1. The Bertz CT molecular complexity index is 1200. The van der Waals surface area contributed by atoms with E-state index >= 15 is 0 Å². The van der Waals surface area contributed by atoms with Crippen LogP contribution in [0.2, 0.25) is 5.02 Å². The third-order valence-electron chi connectivity index (χ3n) is 6.41. The number of aromatic nitrogens is 1. The van der Waals surface area contributed by atoms with Crippen molar-refractivity contribution in [1.82, 2.24) is 14.8 Å². The van der Waals surface area contributed by atoms with Crippen LogP contribution in [-0.4, -0.2) is 73.1 Å². The van der Waals surface area contributed by atoms with Gasteiger partial charge in [0.25, 0.3) is 11.8 Å². The lowest BCUT2D eigenvalue weighted by Crippen LogP contribution is -2.40. The number of rotatable bonds is 7. The third kappa shape index (κ3) is 7.77. The second kappa shape index (κ2) is 13.9. The highest BCUT2D eigenvalue weighted by Crippen LogP contribution is 2.28. The summed E-state index contributed by atoms with van der Waals surface area (Å²) < 4.78 is 10.9. The second-order valence-electron chi connectivity index (χ2n) is 9.16. The summed E-state index contributed by atoms with van der Waals surface area (Å²) in [6, 6.07) is 19.2. The number of carbonyl (C=O) groups is 2. The molecular weight excluding hydrogens is 504 g/mol. The first-order valence-corrected chi connectivity index (χ1v) is 13.1. The Morgan fingerprint density at radius 3 is 2.55 bits per heavy atom. The second-order valence-corrected chi connectivity index (χ2v) is 9.60. The smallest absolute Gasteiger partial charge is 0.260 e. The van der Waals surface area contributed by atoms with Crippen molar-refractivity contribution in [2.24, 2.45) is 0 Å². The van der Waals surface area contributed by atoms with Gasteiger partial charge in [0.1, 0.15) is 12.4 Å². The molecule has 38 heavy (non-hydrogen) atoms. The zero-order chi connectivity index (χ0) is 26.7. The van der Waals surface area contributed by atoms with E-state index in [-0.39, 0.29) is 25.0 Å². The zero-order valence-corrected chi connectivity index (χ0v) is 22.3. The fraction of sp³-hybridized carbons (Fsp3) is 0.345. The number of hydrogen-bond acceptors (Lipinski definition) is 6. The lowest BCUT2D eigenvalue weighted by molar-refractivity contribution is -0.134. The molecule has 0 spiro atoms.